The van der Waals surface area contributed by atoms with Gasteiger partial charge in [-0.25, -0.2) is 4.99 Å². The first-order valence-electron chi connectivity index (χ1n) is 7.06. The predicted molar refractivity (Wildman–Crippen MR) is 75.8 cm³/mol. The first kappa shape index (κ1) is 13.8. The molecule has 1 fully saturated rings. The summed E-state index contributed by atoms with van der Waals surface area (Å²) in [6.45, 7) is 8.05. The summed E-state index contributed by atoms with van der Waals surface area (Å²) in [6.07, 6.45) is 4.27. The van der Waals surface area contributed by atoms with Crippen molar-refractivity contribution in [3.05, 3.63) is 12.2 Å². The minimum atomic E-state index is 0.573. The fourth-order valence-electron chi connectivity index (χ4n) is 2.40. The minimum absolute atomic E-state index is 0.573. The molecule has 2 heterocycles. The normalized spacial score (nSPS) is 20.7. The van der Waals surface area contributed by atoms with Crippen molar-refractivity contribution in [1.82, 2.24) is 25.0 Å². The summed E-state index contributed by atoms with van der Waals surface area (Å²) in [5.41, 5.74) is 0. The van der Waals surface area contributed by atoms with Crippen molar-refractivity contribution < 1.29 is 0 Å². The number of aryl methyl sites for hydroxylation is 1. The van der Waals surface area contributed by atoms with Crippen LogP contribution in [0, 0.1) is 5.92 Å². The number of likely N-dealkylation sites (tertiary alicyclic amines) is 1. The number of rotatable bonds is 3. The van der Waals surface area contributed by atoms with Gasteiger partial charge in [0.1, 0.15) is 12.9 Å². The van der Waals surface area contributed by atoms with Crippen LogP contribution in [-0.4, -0.2) is 45.3 Å². The molecular formula is C13H24N6. The second-order valence-corrected chi connectivity index (χ2v) is 5.22. The van der Waals surface area contributed by atoms with Crippen LogP contribution in [0.5, 0.6) is 0 Å². The van der Waals surface area contributed by atoms with E-state index in [0.717, 1.165) is 37.3 Å². The molecule has 1 aliphatic heterocycles. The molecule has 106 valence electrons. The van der Waals surface area contributed by atoms with Crippen molar-refractivity contribution >= 4 is 5.96 Å². The van der Waals surface area contributed by atoms with Gasteiger partial charge in [0.05, 0.1) is 0 Å². The number of aliphatic imine (C=N–C) groups is 1. The topological polar surface area (TPSA) is 58.3 Å². The molecule has 2 rings (SSSR count). The molecular weight excluding hydrogens is 240 g/mol. The maximum Gasteiger partial charge on any atom is 0.194 e. The molecule has 0 aromatic carbocycles. The van der Waals surface area contributed by atoms with Gasteiger partial charge < -0.3 is 14.8 Å². The van der Waals surface area contributed by atoms with E-state index in [2.05, 4.69) is 39.3 Å². The molecule has 0 spiro atoms. The number of hydrogen-bond acceptors (Lipinski definition) is 3. The Morgan fingerprint density at radius 3 is 3.05 bits per heavy atom. The van der Waals surface area contributed by atoms with E-state index in [4.69, 9.17) is 0 Å². The van der Waals surface area contributed by atoms with Gasteiger partial charge in [-0.2, -0.15) is 0 Å². The van der Waals surface area contributed by atoms with Crippen molar-refractivity contribution in [2.24, 2.45) is 18.0 Å². The second kappa shape index (κ2) is 6.54. The number of nitrogens with one attached hydrogen (secondary N) is 1. The summed E-state index contributed by atoms with van der Waals surface area (Å²) in [7, 11) is 1.95. The van der Waals surface area contributed by atoms with Crippen LogP contribution in [0.4, 0.5) is 0 Å². The quantitative estimate of drug-likeness (QED) is 0.654. The Balaban J connectivity index is 2.04. The van der Waals surface area contributed by atoms with Gasteiger partial charge in [-0.15, -0.1) is 10.2 Å². The first-order chi connectivity index (χ1) is 9.20. The lowest BCUT2D eigenvalue weighted by molar-refractivity contribution is 0.266. The Bertz CT molecular complexity index is 425. The smallest absolute Gasteiger partial charge is 0.194 e. The lowest BCUT2D eigenvalue weighted by Gasteiger charge is -2.33. The van der Waals surface area contributed by atoms with Crippen LogP contribution in [0.15, 0.2) is 11.3 Å². The highest BCUT2D eigenvalue weighted by molar-refractivity contribution is 5.80. The fourth-order valence-corrected chi connectivity index (χ4v) is 2.40. The van der Waals surface area contributed by atoms with E-state index in [9.17, 15) is 0 Å². The zero-order valence-electron chi connectivity index (χ0n) is 12.1. The zero-order chi connectivity index (χ0) is 13.7. The fraction of sp³-hybridized carbons (Fsp3) is 0.769. The molecule has 0 saturated carbocycles. The van der Waals surface area contributed by atoms with Gasteiger partial charge in [0.15, 0.2) is 11.8 Å². The van der Waals surface area contributed by atoms with Gasteiger partial charge >= 0.3 is 0 Å². The van der Waals surface area contributed by atoms with E-state index in [0.29, 0.717) is 6.54 Å². The number of guanidine groups is 1. The van der Waals surface area contributed by atoms with Crippen molar-refractivity contribution in [1.29, 1.82) is 0 Å². The average Bonchev–Trinajstić information content (AvgIpc) is 2.80. The minimum Gasteiger partial charge on any atom is -0.357 e. The monoisotopic (exact) mass is 264 g/mol. The number of aromatic nitrogens is 3. The van der Waals surface area contributed by atoms with E-state index in [1.54, 1.807) is 6.33 Å². The Labute approximate surface area is 114 Å². The Morgan fingerprint density at radius 2 is 2.42 bits per heavy atom. The number of nitrogens with zero attached hydrogens (tertiary/aromatic N) is 5. The van der Waals surface area contributed by atoms with E-state index in [-0.39, 0.29) is 0 Å². The van der Waals surface area contributed by atoms with Gasteiger partial charge in [-0.3, -0.25) is 0 Å². The van der Waals surface area contributed by atoms with Crippen molar-refractivity contribution in [3.8, 4) is 0 Å². The van der Waals surface area contributed by atoms with Crippen molar-refractivity contribution in [3.63, 3.8) is 0 Å². The molecule has 1 saturated heterocycles. The van der Waals surface area contributed by atoms with Gasteiger partial charge in [0.25, 0.3) is 0 Å². The van der Waals surface area contributed by atoms with Crippen LogP contribution in [0.2, 0.25) is 0 Å². The number of hydrogen-bond donors (Lipinski definition) is 1. The molecule has 0 bridgehead atoms. The second-order valence-electron chi connectivity index (χ2n) is 5.22. The largest absolute Gasteiger partial charge is 0.357 e. The molecule has 1 aromatic rings. The predicted octanol–water partition coefficient (Wildman–Crippen LogP) is 1.01. The summed E-state index contributed by atoms with van der Waals surface area (Å²) in [5, 5.41) is 11.3. The van der Waals surface area contributed by atoms with Crippen LogP contribution >= 0.6 is 0 Å². The van der Waals surface area contributed by atoms with Gasteiger partial charge in [-0.05, 0) is 25.7 Å². The van der Waals surface area contributed by atoms with Crippen LogP contribution in [0.3, 0.4) is 0 Å². The summed E-state index contributed by atoms with van der Waals surface area (Å²) in [6, 6.07) is 0. The average molecular weight is 264 g/mol. The molecule has 1 atom stereocenters. The van der Waals surface area contributed by atoms with E-state index in [1.165, 1.54) is 12.8 Å². The van der Waals surface area contributed by atoms with Crippen molar-refractivity contribution in [2.45, 2.75) is 33.2 Å². The lowest BCUT2D eigenvalue weighted by Crippen LogP contribution is -2.46. The van der Waals surface area contributed by atoms with E-state index < -0.39 is 0 Å². The summed E-state index contributed by atoms with van der Waals surface area (Å²) >= 11 is 0. The van der Waals surface area contributed by atoms with Crippen LogP contribution < -0.4 is 5.32 Å². The SMILES string of the molecule is CCNC(=NCc1nncn1C)N1CCCC(C)C1. The molecule has 6 nitrogen and oxygen atoms in total. The third kappa shape index (κ3) is 3.68. The van der Waals surface area contributed by atoms with Crippen LogP contribution in [-0.2, 0) is 13.6 Å². The van der Waals surface area contributed by atoms with E-state index in [1.807, 2.05) is 11.6 Å². The van der Waals surface area contributed by atoms with Gasteiger partial charge in [0, 0.05) is 26.7 Å². The van der Waals surface area contributed by atoms with Crippen molar-refractivity contribution in [2.75, 3.05) is 19.6 Å². The first-order valence-corrected chi connectivity index (χ1v) is 7.06. The molecule has 1 aromatic heterocycles. The molecule has 6 heteroatoms. The van der Waals surface area contributed by atoms with Crippen LogP contribution in [0.1, 0.15) is 32.5 Å². The Kier molecular flexibility index (Phi) is 4.76. The highest BCUT2D eigenvalue weighted by Gasteiger charge is 2.19. The summed E-state index contributed by atoms with van der Waals surface area (Å²) in [5.74, 6) is 2.63. The highest BCUT2D eigenvalue weighted by atomic mass is 15.3. The lowest BCUT2D eigenvalue weighted by atomic mass is 10.0. The standard InChI is InChI=1S/C13H24N6/c1-4-14-13(19-7-5-6-11(2)9-19)15-8-12-17-16-10-18(12)3/h10-11H,4-9H2,1-3H3,(H,14,15). The Morgan fingerprint density at radius 1 is 1.58 bits per heavy atom. The van der Waals surface area contributed by atoms with Gasteiger partial charge in [0.2, 0.25) is 0 Å². The Hall–Kier alpha value is -1.59. The molecule has 1 unspecified atom stereocenters. The zero-order valence-corrected chi connectivity index (χ0v) is 12.1. The molecule has 1 aliphatic rings. The summed E-state index contributed by atoms with van der Waals surface area (Å²) in [4.78, 5) is 7.04. The van der Waals surface area contributed by atoms with Crippen LogP contribution in [0.25, 0.3) is 0 Å². The van der Waals surface area contributed by atoms with Gasteiger partial charge in [-0.1, -0.05) is 6.92 Å². The maximum atomic E-state index is 4.68. The molecule has 19 heavy (non-hydrogen) atoms. The number of piperidine rings is 1. The maximum absolute atomic E-state index is 4.68. The molecule has 1 N–H and O–H groups in total. The highest BCUT2D eigenvalue weighted by Crippen LogP contribution is 2.15. The molecule has 0 radical (unpaired) electrons. The summed E-state index contributed by atoms with van der Waals surface area (Å²) < 4.78 is 1.91. The third-order valence-corrected chi connectivity index (χ3v) is 3.47. The van der Waals surface area contributed by atoms with E-state index >= 15 is 0 Å². The molecule has 0 aliphatic carbocycles. The molecule has 0 amide bonds. The third-order valence-electron chi connectivity index (χ3n) is 3.47.